The highest BCUT2D eigenvalue weighted by molar-refractivity contribution is 8.01. The molecule has 1 heterocycles. The Hall–Kier alpha value is -2.18. The average molecular weight is 385 g/mol. The maximum Gasteiger partial charge on any atom is 0.129 e. The van der Waals surface area contributed by atoms with E-state index in [9.17, 15) is 0 Å². The molecule has 0 radical (unpaired) electrons. The number of hydrogen-bond donors (Lipinski definition) is 0. The van der Waals surface area contributed by atoms with E-state index >= 15 is 0 Å². The molecule has 0 spiro atoms. The van der Waals surface area contributed by atoms with Gasteiger partial charge in [0.1, 0.15) is 21.6 Å². The SMILES string of the molecule is COc1ccc(CSc2nccnc2SCc2ccc(OC)cc2)cc1. The lowest BCUT2D eigenvalue weighted by atomic mass is 10.2. The monoisotopic (exact) mass is 384 g/mol. The van der Waals surface area contributed by atoms with Crippen molar-refractivity contribution < 1.29 is 9.47 Å². The molecule has 3 aromatic rings. The average Bonchev–Trinajstić information content (AvgIpc) is 2.72. The summed E-state index contributed by atoms with van der Waals surface area (Å²) >= 11 is 3.40. The van der Waals surface area contributed by atoms with E-state index in [-0.39, 0.29) is 0 Å². The smallest absolute Gasteiger partial charge is 0.129 e. The molecule has 26 heavy (non-hydrogen) atoms. The Morgan fingerprint density at radius 1 is 0.654 bits per heavy atom. The first-order valence-corrected chi connectivity index (χ1v) is 10.1. The molecule has 0 amide bonds. The summed E-state index contributed by atoms with van der Waals surface area (Å²) in [6.45, 7) is 0. The summed E-state index contributed by atoms with van der Waals surface area (Å²) in [5, 5.41) is 1.92. The predicted octanol–water partition coefficient (Wildman–Crippen LogP) is 5.08. The van der Waals surface area contributed by atoms with Crippen molar-refractivity contribution in [1.82, 2.24) is 9.97 Å². The zero-order valence-electron chi connectivity index (χ0n) is 14.7. The van der Waals surface area contributed by atoms with Crippen molar-refractivity contribution in [3.8, 4) is 11.5 Å². The normalized spacial score (nSPS) is 10.5. The summed E-state index contributed by atoms with van der Waals surface area (Å²) < 4.78 is 10.4. The van der Waals surface area contributed by atoms with Crippen LogP contribution in [0.25, 0.3) is 0 Å². The first-order valence-electron chi connectivity index (χ1n) is 8.11. The summed E-state index contributed by atoms with van der Waals surface area (Å²) in [6.07, 6.45) is 3.49. The van der Waals surface area contributed by atoms with E-state index in [1.807, 2.05) is 24.3 Å². The molecule has 6 heteroatoms. The van der Waals surface area contributed by atoms with Crippen LogP contribution in [-0.2, 0) is 11.5 Å². The highest BCUT2D eigenvalue weighted by Crippen LogP contribution is 2.31. The molecule has 0 N–H and O–H groups in total. The van der Waals surface area contributed by atoms with Crippen molar-refractivity contribution >= 4 is 23.5 Å². The van der Waals surface area contributed by atoms with Crippen LogP contribution in [0.15, 0.2) is 71.0 Å². The summed E-state index contributed by atoms with van der Waals surface area (Å²) in [7, 11) is 3.35. The second kappa shape index (κ2) is 9.50. The Kier molecular flexibility index (Phi) is 6.80. The zero-order valence-corrected chi connectivity index (χ0v) is 16.3. The van der Waals surface area contributed by atoms with Gasteiger partial charge in [0.25, 0.3) is 0 Å². The van der Waals surface area contributed by atoms with E-state index in [1.165, 1.54) is 11.1 Å². The zero-order chi connectivity index (χ0) is 18.2. The predicted molar refractivity (Wildman–Crippen MR) is 107 cm³/mol. The van der Waals surface area contributed by atoms with Gasteiger partial charge in [-0.2, -0.15) is 0 Å². The van der Waals surface area contributed by atoms with Crippen molar-refractivity contribution in [3.05, 3.63) is 72.1 Å². The van der Waals surface area contributed by atoms with Crippen molar-refractivity contribution in [3.63, 3.8) is 0 Å². The minimum absolute atomic E-state index is 0.846. The van der Waals surface area contributed by atoms with Crippen molar-refractivity contribution in [1.29, 1.82) is 0 Å². The molecule has 0 saturated carbocycles. The summed E-state index contributed by atoms with van der Waals surface area (Å²) in [6, 6.07) is 16.2. The lowest BCUT2D eigenvalue weighted by Gasteiger charge is -2.08. The van der Waals surface area contributed by atoms with Crippen LogP contribution in [0.3, 0.4) is 0 Å². The molecular formula is C20H20N2O2S2. The molecule has 4 nitrogen and oxygen atoms in total. The molecule has 2 aromatic carbocycles. The fourth-order valence-corrected chi connectivity index (χ4v) is 4.23. The molecule has 0 unspecified atom stereocenters. The molecule has 0 saturated heterocycles. The lowest BCUT2D eigenvalue weighted by molar-refractivity contribution is 0.414. The largest absolute Gasteiger partial charge is 0.497 e. The molecule has 1 aromatic heterocycles. The van der Waals surface area contributed by atoms with Crippen LogP contribution in [0.2, 0.25) is 0 Å². The van der Waals surface area contributed by atoms with Crippen LogP contribution in [0.1, 0.15) is 11.1 Å². The van der Waals surface area contributed by atoms with Crippen LogP contribution in [-0.4, -0.2) is 24.2 Å². The molecule has 0 bridgehead atoms. The van der Waals surface area contributed by atoms with Crippen molar-refractivity contribution in [2.24, 2.45) is 0 Å². The Labute approximate surface area is 162 Å². The maximum atomic E-state index is 5.20. The van der Waals surface area contributed by atoms with E-state index in [1.54, 1.807) is 50.1 Å². The third kappa shape index (κ3) is 5.16. The fraction of sp³-hybridized carbons (Fsp3) is 0.200. The quantitative estimate of drug-likeness (QED) is 0.505. The van der Waals surface area contributed by atoms with Crippen LogP contribution in [0.4, 0.5) is 0 Å². The van der Waals surface area contributed by atoms with Gasteiger partial charge in [0, 0.05) is 23.9 Å². The Bertz CT molecular complexity index is 753. The van der Waals surface area contributed by atoms with Gasteiger partial charge in [0.15, 0.2) is 0 Å². The van der Waals surface area contributed by atoms with Gasteiger partial charge in [-0.1, -0.05) is 47.8 Å². The number of methoxy groups -OCH3 is 2. The Balaban J connectivity index is 1.61. The second-order valence-electron chi connectivity index (χ2n) is 5.44. The highest BCUT2D eigenvalue weighted by Gasteiger charge is 2.08. The maximum absolute atomic E-state index is 5.20. The number of thioether (sulfide) groups is 2. The Morgan fingerprint density at radius 2 is 1.04 bits per heavy atom. The molecule has 0 aliphatic rings. The first-order chi connectivity index (χ1) is 12.8. The number of aromatic nitrogens is 2. The molecular weight excluding hydrogens is 364 g/mol. The van der Waals surface area contributed by atoms with Gasteiger partial charge in [-0.15, -0.1) is 0 Å². The minimum Gasteiger partial charge on any atom is -0.497 e. The van der Waals surface area contributed by atoms with Gasteiger partial charge in [-0.25, -0.2) is 9.97 Å². The van der Waals surface area contributed by atoms with Gasteiger partial charge in [0.2, 0.25) is 0 Å². The number of hydrogen-bond acceptors (Lipinski definition) is 6. The molecule has 0 atom stereocenters. The number of benzene rings is 2. The van der Waals surface area contributed by atoms with Gasteiger partial charge >= 0.3 is 0 Å². The van der Waals surface area contributed by atoms with Crippen LogP contribution >= 0.6 is 23.5 Å². The van der Waals surface area contributed by atoms with Gasteiger partial charge < -0.3 is 9.47 Å². The topological polar surface area (TPSA) is 44.2 Å². The fourth-order valence-electron chi connectivity index (χ4n) is 2.26. The van der Waals surface area contributed by atoms with E-state index < -0.39 is 0 Å². The molecule has 0 fully saturated rings. The number of ether oxygens (including phenoxy) is 2. The number of nitrogens with zero attached hydrogens (tertiary/aromatic N) is 2. The summed E-state index contributed by atoms with van der Waals surface area (Å²) in [5.74, 6) is 3.43. The summed E-state index contributed by atoms with van der Waals surface area (Å²) in [4.78, 5) is 9.00. The highest BCUT2D eigenvalue weighted by atomic mass is 32.2. The standard InChI is InChI=1S/C20H20N2O2S2/c1-23-17-7-3-15(4-8-17)13-25-19-20(22-12-11-21-19)26-14-16-5-9-18(24-2)10-6-16/h3-12H,13-14H2,1-2H3. The van der Waals surface area contributed by atoms with Crippen molar-refractivity contribution in [2.75, 3.05) is 14.2 Å². The van der Waals surface area contributed by atoms with Crippen LogP contribution in [0, 0.1) is 0 Å². The Morgan fingerprint density at radius 3 is 1.38 bits per heavy atom. The van der Waals surface area contributed by atoms with E-state index in [2.05, 4.69) is 34.2 Å². The third-order valence-corrected chi connectivity index (χ3v) is 5.93. The van der Waals surface area contributed by atoms with Crippen LogP contribution < -0.4 is 9.47 Å². The third-order valence-electron chi connectivity index (χ3n) is 3.70. The molecule has 3 rings (SSSR count). The van der Waals surface area contributed by atoms with E-state index in [4.69, 9.17) is 9.47 Å². The van der Waals surface area contributed by atoms with Gasteiger partial charge in [0.05, 0.1) is 14.2 Å². The molecule has 134 valence electrons. The lowest BCUT2D eigenvalue weighted by Crippen LogP contribution is -1.91. The minimum atomic E-state index is 0.846. The van der Waals surface area contributed by atoms with E-state index in [0.717, 1.165) is 33.1 Å². The number of rotatable bonds is 8. The molecule has 0 aliphatic heterocycles. The first kappa shape index (κ1) is 18.6. The second-order valence-corrected chi connectivity index (χ2v) is 7.37. The van der Waals surface area contributed by atoms with Gasteiger partial charge in [-0.3, -0.25) is 0 Å². The van der Waals surface area contributed by atoms with E-state index in [0.29, 0.717) is 0 Å². The summed E-state index contributed by atoms with van der Waals surface area (Å²) in [5.41, 5.74) is 2.46. The van der Waals surface area contributed by atoms with Crippen molar-refractivity contribution in [2.45, 2.75) is 21.6 Å². The molecule has 0 aliphatic carbocycles. The van der Waals surface area contributed by atoms with Gasteiger partial charge in [-0.05, 0) is 35.4 Å². The van der Waals surface area contributed by atoms with Crippen LogP contribution in [0.5, 0.6) is 11.5 Å².